The maximum atomic E-state index is 13.8. The molecule has 3 aromatic rings. The number of para-hydroxylation sites is 1. The Balaban J connectivity index is 2.03. The molecule has 0 spiro atoms. The summed E-state index contributed by atoms with van der Waals surface area (Å²) in [7, 11) is 1.48. The largest absolute Gasteiger partial charge is 0.437 e. The molecule has 0 amide bonds. The normalized spacial score (nSPS) is 11.4. The van der Waals surface area contributed by atoms with E-state index in [-0.39, 0.29) is 24.6 Å². The van der Waals surface area contributed by atoms with Crippen LogP contribution in [0.3, 0.4) is 0 Å². The van der Waals surface area contributed by atoms with Gasteiger partial charge in [0.1, 0.15) is 24.5 Å². The highest BCUT2D eigenvalue weighted by molar-refractivity contribution is 5.76. The highest BCUT2D eigenvalue weighted by Crippen LogP contribution is 2.19. The van der Waals surface area contributed by atoms with Crippen LogP contribution in [0.25, 0.3) is 11.0 Å². The Bertz CT molecular complexity index is 865. The number of aromatic nitrogens is 4. The van der Waals surface area contributed by atoms with Crippen LogP contribution in [0, 0.1) is 5.82 Å². The van der Waals surface area contributed by atoms with Gasteiger partial charge in [0.25, 0.3) is 0 Å². The zero-order valence-corrected chi connectivity index (χ0v) is 12.2. The Morgan fingerprint density at radius 1 is 1.41 bits per heavy atom. The molecule has 0 aliphatic heterocycles. The number of halogens is 1. The van der Waals surface area contributed by atoms with Gasteiger partial charge in [0.05, 0.1) is 5.52 Å². The molecule has 2 aromatic heterocycles. The van der Waals surface area contributed by atoms with Gasteiger partial charge in [-0.2, -0.15) is 4.68 Å². The summed E-state index contributed by atoms with van der Waals surface area (Å²) in [5.41, 5.74) is 0.971. The van der Waals surface area contributed by atoms with E-state index >= 15 is 0 Å². The van der Waals surface area contributed by atoms with Crippen LogP contribution in [-0.2, 0) is 24.4 Å². The van der Waals surface area contributed by atoms with E-state index in [1.807, 2.05) is 11.5 Å². The Kier molecular flexibility index (Phi) is 3.76. The summed E-state index contributed by atoms with van der Waals surface area (Å²) >= 11 is 0. The lowest BCUT2D eigenvalue weighted by atomic mass is 10.3. The molecule has 0 radical (unpaired) electrons. The fourth-order valence-corrected chi connectivity index (χ4v) is 2.40. The van der Waals surface area contributed by atoms with Gasteiger partial charge in [-0.3, -0.25) is 0 Å². The van der Waals surface area contributed by atoms with Gasteiger partial charge in [0.15, 0.2) is 5.82 Å². The maximum Gasteiger partial charge on any atom is 0.437 e. The van der Waals surface area contributed by atoms with Crippen LogP contribution >= 0.6 is 0 Å². The SMILES string of the molecule is CCn1c(Cn2nc(COC)oc2=O)nc2c(F)cccc21. The highest BCUT2D eigenvalue weighted by atomic mass is 19.1. The molecule has 3 rings (SSSR count). The van der Waals surface area contributed by atoms with E-state index in [0.29, 0.717) is 17.9 Å². The van der Waals surface area contributed by atoms with E-state index in [9.17, 15) is 9.18 Å². The Hall–Kier alpha value is -2.48. The molecule has 2 heterocycles. The van der Waals surface area contributed by atoms with Gasteiger partial charge in [-0.1, -0.05) is 6.07 Å². The first-order valence-corrected chi connectivity index (χ1v) is 6.83. The summed E-state index contributed by atoms with van der Waals surface area (Å²) in [6.07, 6.45) is 0. The van der Waals surface area contributed by atoms with E-state index in [4.69, 9.17) is 9.15 Å². The number of hydrogen-bond acceptors (Lipinski definition) is 5. The molecular weight excluding hydrogens is 291 g/mol. The number of nitrogens with zero attached hydrogens (tertiary/aromatic N) is 4. The topological polar surface area (TPSA) is 75.1 Å². The van der Waals surface area contributed by atoms with Gasteiger partial charge in [-0.25, -0.2) is 14.2 Å². The summed E-state index contributed by atoms with van der Waals surface area (Å²) in [6.45, 7) is 2.75. The molecule has 0 atom stereocenters. The first-order chi connectivity index (χ1) is 10.6. The summed E-state index contributed by atoms with van der Waals surface area (Å²) in [5.74, 6) is -0.249. The third-order valence-electron chi connectivity index (χ3n) is 3.33. The summed E-state index contributed by atoms with van der Waals surface area (Å²) in [5, 5.41) is 4.03. The minimum absolute atomic E-state index is 0.105. The van der Waals surface area contributed by atoms with Crippen LogP contribution in [0.15, 0.2) is 27.4 Å². The lowest BCUT2D eigenvalue weighted by Crippen LogP contribution is -2.19. The van der Waals surface area contributed by atoms with Crippen molar-refractivity contribution in [3.8, 4) is 0 Å². The Morgan fingerprint density at radius 3 is 2.95 bits per heavy atom. The number of hydrogen-bond donors (Lipinski definition) is 0. The van der Waals surface area contributed by atoms with E-state index in [1.54, 1.807) is 12.1 Å². The van der Waals surface area contributed by atoms with Crippen LogP contribution in [0.1, 0.15) is 18.6 Å². The molecular formula is C14H15FN4O3. The van der Waals surface area contributed by atoms with Crippen LogP contribution < -0.4 is 5.76 Å². The molecule has 0 saturated heterocycles. The molecule has 0 unspecified atom stereocenters. The van der Waals surface area contributed by atoms with Gasteiger partial charge in [0.2, 0.25) is 5.89 Å². The zero-order chi connectivity index (χ0) is 15.7. The molecule has 116 valence electrons. The minimum atomic E-state index is -0.595. The van der Waals surface area contributed by atoms with Crippen molar-refractivity contribution in [2.75, 3.05) is 7.11 Å². The van der Waals surface area contributed by atoms with Crippen molar-refractivity contribution in [1.29, 1.82) is 0 Å². The summed E-state index contributed by atoms with van der Waals surface area (Å²) in [6, 6.07) is 4.78. The predicted octanol–water partition coefficient (Wildman–Crippen LogP) is 1.54. The van der Waals surface area contributed by atoms with Crippen LogP contribution in [0.4, 0.5) is 4.39 Å². The molecule has 0 aliphatic carbocycles. The predicted molar refractivity (Wildman–Crippen MR) is 75.9 cm³/mol. The average molecular weight is 306 g/mol. The standard InChI is InChI=1S/C14H15FN4O3/c1-3-18-10-6-4-5-9(15)13(10)16-11(18)7-19-14(20)22-12(17-19)8-21-2/h4-6H,3,7-8H2,1-2H3. The maximum absolute atomic E-state index is 13.8. The van der Waals surface area contributed by atoms with E-state index < -0.39 is 11.6 Å². The number of rotatable bonds is 5. The summed E-state index contributed by atoms with van der Waals surface area (Å²) < 4.78 is 26.7. The van der Waals surface area contributed by atoms with Crippen LogP contribution in [0.5, 0.6) is 0 Å². The fraction of sp³-hybridized carbons (Fsp3) is 0.357. The molecule has 8 heteroatoms. The van der Waals surface area contributed by atoms with Crippen molar-refractivity contribution >= 4 is 11.0 Å². The third kappa shape index (κ3) is 2.41. The van der Waals surface area contributed by atoms with E-state index in [0.717, 1.165) is 4.68 Å². The van der Waals surface area contributed by atoms with Gasteiger partial charge < -0.3 is 13.7 Å². The quantitative estimate of drug-likeness (QED) is 0.715. The first kappa shape index (κ1) is 14.5. The minimum Gasteiger partial charge on any atom is -0.390 e. The molecule has 0 saturated carbocycles. The number of aryl methyl sites for hydroxylation is 1. The van der Waals surface area contributed by atoms with E-state index in [2.05, 4.69) is 10.1 Å². The highest BCUT2D eigenvalue weighted by Gasteiger charge is 2.15. The van der Waals surface area contributed by atoms with Gasteiger partial charge in [0, 0.05) is 13.7 Å². The molecule has 0 bridgehead atoms. The van der Waals surface area contributed by atoms with Gasteiger partial charge in [-0.05, 0) is 19.1 Å². The van der Waals surface area contributed by atoms with Crippen LogP contribution in [-0.4, -0.2) is 26.4 Å². The van der Waals surface area contributed by atoms with Crippen molar-refractivity contribution < 1.29 is 13.5 Å². The van der Waals surface area contributed by atoms with Gasteiger partial charge in [-0.15, -0.1) is 5.10 Å². The molecule has 1 aromatic carbocycles. The van der Waals surface area contributed by atoms with Crippen LogP contribution in [0.2, 0.25) is 0 Å². The fourth-order valence-electron chi connectivity index (χ4n) is 2.40. The average Bonchev–Trinajstić information content (AvgIpc) is 3.01. The number of fused-ring (bicyclic) bond motifs is 1. The van der Waals surface area contributed by atoms with Gasteiger partial charge >= 0.3 is 5.76 Å². The van der Waals surface area contributed by atoms with Crippen molar-refractivity contribution in [2.24, 2.45) is 0 Å². The number of ether oxygens (including phenoxy) is 1. The number of imidazole rings is 1. The summed E-state index contributed by atoms with van der Waals surface area (Å²) in [4.78, 5) is 16.1. The number of benzene rings is 1. The molecule has 0 aliphatic rings. The number of methoxy groups -OCH3 is 1. The smallest absolute Gasteiger partial charge is 0.390 e. The molecule has 0 N–H and O–H groups in total. The lowest BCUT2D eigenvalue weighted by molar-refractivity contribution is 0.158. The monoisotopic (exact) mass is 306 g/mol. The Morgan fingerprint density at radius 2 is 2.23 bits per heavy atom. The first-order valence-electron chi connectivity index (χ1n) is 6.83. The second-order valence-corrected chi connectivity index (χ2v) is 4.73. The van der Waals surface area contributed by atoms with Crippen molar-refractivity contribution in [1.82, 2.24) is 19.3 Å². The second kappa shape index (κ2) is 5.72. The lowest BCUT2D eigenvalue weighted by Gasteiger charge is -2.04. The molecule has 0 fully saturated rings. The third-order valence-corrected chi connectivity index (χ3v) is 3.33. The molecule has 22 heavy (non-hydrogen) atoms. The zero-order valence-electron chi connectivity index (χ0n) is 12.2. The molecule has 7 nitrogen and oxygen atoms in total. The van der Waals surface area contributed by atoms with Crippen molar-refractivity contribution in [3.63, 3.8) is 0 Å². The van der Waals surface area contributed by atoms with Crippen molar-refractivity contribution in [2.45, 2.75) is 26.6 Å². The second-order valence-electron chi connectivity index (χ2n) is 4.73. The Labute approximate surface area is 124 Å². The van der Waals surface area contributed by atoms with Crippen molar-refractivity contribution in [3.05, 3.63) is 46.3 Å². The van der Waals surface area contributed by atoms with E-state index in [1.165, 1.54) is 13.2 Å².